The first kappa shape index (κ1) is 19.3. The summed E-state index contributed by atoms with van der Waals surface area (Å²) in [5, 5.41) is 16.1. The Balaban J connectivity index is 1.54. The number of aromatic hydroxyl groups is 1. The third-order valence-corrected chi connectivity index (χ3v) is 7.16. The van der Waals surface area contributed by atoms with E-state index >= 15 is 0 Å². The molecular weight excluding hydrogens is 412 g/mol. The van der Waals surface area contributed by atoms with Crippen LogP contribution in [0.4, 0.5) is 0 Å². The van der Waals surface area contributed by atoms with Crippen molar-refractivity contribution in [3.63, 3.8) is 0 Å². The summed E-state index contributed by atoms with van der Waals surface area (Å²) in [6, 6.07) is 7.63. The van der Waals surface area contributed by atoms with Gasteiger partial charge in [0.1, 0.15) is 0 Å². The molecule has 2 aliphatic heterocycles. The van der Waals surface area contributed by atoms with Crippen LogP contribution in [-0.4, -0.2) is 56.7 Å². The topological polar surface area (TPSA) is 72.1 Å². The van der Waals surface area contributed by atoms with Crippen LogP contribution in [0.5, 0.6) is 5.88 Å². The minimum Gasteiger partial charge on any atom is -0.492 e. The first-order valence-corrected chi connectivity index (χ1v) is 11.1. The number of hydrogen-bond acceptors (Lipinski definition) is 7. The number of hydrogen-bond donors (Lipinski definition) is 1. The highest BCUT2D eigenvalue weighted by molar-refractivity contribution is 7.17. The second-order valence-electron chi connectivity index (χ2n) is 7.43. The van der Waals surface area contributed by atoms with Crippen molar-refractivity contribution in [2.45, 2.75) is 38.0 Å². The molecule has 0 unspecified atom stereocenters. The molecule has 2 aromatic heterocycles. The molecule has 5 rings (SSSR count). The molecular formula is C20H23ClN4O3S. The Morgan fingerprint density at radius 3 is 2.62 bits per heavy atom. The minimum absolute atomic E-state index is 0.135. The molecule has 0 radical (unpaired) electrons. The Morgan fingerprint density at radius 1 is 1.24 bits per heavy atom. The number of benzene rings is 1. The lowest BCUT2D eigenvalue weighted by Crippen LogP contribution is -2.46. The van der Waals surface area contributed by atoms with Gasteiger partial charge in [-0.05, 0) is 11.6 Å². The normalized spacial score (nSPS) is 20.6. The van der Waals surface area contributed by atoms with E-state index in [0.717, 1.165) is 48.6 Å². The molecule has 1 N–H and O–H groups in total. The van der Waals surface area contributed by atoms with Gasteiger partial charge < -0.3 is 14.6 Å². The van der Waals surface area contributed by atoms with Crippen LogP contribution >= 0.6 is 22.9 Å². The fraction of sp³-hybridized carbons (Fsp3) is 0.500. The monoisotopic (exact) mass is 434 g/mol. The van der Waals surface area contributed by atoms with E-state index in [0.29, 0.717) is 23.2 Å². The molecule has 0 amide bonds. The SMILES string of the molecule is CCc1nc2sc([C@@H](c3ccccc3Cl)N3CCC4(CC3)OCCO4)c(O)n2n1. The number of nitrogens with zero attached hydrogens (tertiary/aromatic N) is 4. The van der Waals surface area contributed by atoms with Crippen molar-refractivity contribution in [2.75, 3.05) is 26.3 Å². The number of fused-ring (bicyclic) bond motifs is 1. The molecule has 7 nitrogen and oxygen atoms in total. The van der Waals surface area contributed by atoms with E-state index in [1.165, 1.54) is 15.9 Å². The van der Waals surface area contributed by atoms with E-state index < -0.39 is 5.79 Å². The second kappa shape index (κ2) is 7.52. The zero-order chi connectivity index (χ0) is 20.0. The van der Waals surface area contributed by atoms with E-state index in [-0.39, 0.29) is 11.9 Å². The number of likely N-dealkylation sites (tertiary alicyclic amines) is 1. The molecule has 0 bridgehead atoms. The van der Waals surface area contributed by atoms with Gasteiger partial charge in [-0.25, -0.2) is 4.98 Å². The molecule has 1 spiro atoms. The van der Waals surface area contributed by atoms with Gasteiger partial charge in [-0.15, -0.1) is 5.10 Å². The summed E-state index contributed by atoms with van der Waals surface area (Å²) in [4.78, 5) is 8.37. The maximum Gasteiger partial charge on any atom is 0.230 e. The second-order valence-corrected chi connectivity index (χ2v) is 8.85. The maximum absolute atomic E-state index is 11.0. The minimum atomic E-state index is -0.453. The van der Waals surface area contributed by atoms with Crippen LogP contribution in [0.2, 0.25) is 5.02 Å². The summed E-state index contributed by atoms with van der Waals surface area (Å²) in [6.07, 6.45) is 2.30. The largest absolute Gasteiger partial charge is 0.492 e. The molecule has 4 heterocycles. The van der Waals surface area contributed by atoms with Crippen LogP contribution in [0.15, 0.2) is 24.3 Å². The lowest BCUT2D eigenvalue weighted by Gasteiger charge is -2.41. The fourth-order valence-electron chi connectivity index (χ4n) is 4.23. The number of aromatic nitrogens is 3. The predicted molar refractivity (Wildman–Crippen MR) is 111 cm³/mol. The Kier molecular flexibility index (Phi) is 4.99. The van der Waals surface area contributed by atoms with Crippen molar-refractivity contribution in [3.8, 4) is 5.88 Å². The standard InChI is InChI=1S/C20H23ClN4O3S/c1-2-15-22-19-25(23-15)18(26)17(29-19)16(13-5-3-4-6-14(13)21)24-9-7-20(8-10-24)27-11-12-28-20/h3-6,16,26H,2,7-12H2,1H3/t16-/m1/s1. The molecule has 1 aromatic carbocycles. The van der Waals surface area contributed by atoms with Gasteiger partial charge in [0.25, 0.3) is 0 Å². The zero-order valence-electron chi connectivity index (χ0n) is 16.2. The number of rotatable bonds is 4. The average Bonchev–Trinajstić information content (AvgIpc) is 3.43. The molecule has 29 heavy (non-hydrogen) atoms. The van der Waals surface area contributed by atoms with Crippen LogP contribution in [0, 0.1) is 0 Å². The third-order valence-electron chi connectivity index (χ3n) is 5.75. The van der Waals surface area contributed by atoms with Gasteiger partial charge in [0.05, 0.1) is 24.1 Å². The van der Waals surface area contributed by atoms with Crippen molar-refractivity contribution >= 4 is 27.9 Å². The fourth-order valence-corrected chi connectivity index (χ4v) is 5.59. The van der Waals surface area contributed by atoms with Crippen LogP contribution in [0.25, 0.3) is 4.96 Å². The highest BCUT2D eigenvalue weighted by atomic mass is 35.5. The lowest BCUT2D eigenvalue weighted by atomic mass is 9.97. The molecule has 154 valence electrons. The van der Waals surface area contributed by atoms with Gasteiger partial charge in [-0.2, -0.15) is 4.52 Å². The Hall–Kier alpha value is -1.71. The van der Waals surface area contributed by atoms with Gasteiger partial charge in [0.2, 0.25) is 10.8 Å². The van der Waals surface area contributed by atoms with Gasteiger partial charge in [0, 0.05) is 37.4 Å². The quantitative estimate of drug-likeness (QED) is 0.675. The first-order chi connectivity index (χ1) is 14.1. The number of ether oxygens (including phenoxy) is 2. The van der Waals surface area contributed by atoms with Crippen molar-refractivity contribution in [3.05, 3.63) is 45.6 Å². The van der Waals surface area contributed by atoms with Gasteiger partial charge in [0.15, 0.2) is 11.6 Å². The lowest BCUT2D eigenvalue weighted by molar-refractivity contribution is -0.187. The van der Waals surface area contributed by atoms with Crippen molar-refractivity contribution in [1.29, 1.82) is 0 Å². The molecule has 0 saturated carbocycles. The summed E-state index contributed by atoms with van der Waals surface area (Å²) >= 11 is 8.06. The molecule has 2 fully saturated rings. The highest BCUT2D eigenvalue weighted by Crippen LogP contribution is 2.44. The molecule has 9 heteroatoms. The average molecular weight is 435 g/mol. The van der Waals surface area contributed by atoms with Crippen LogP contribution in [0.3, 0.4) is 0 Å². The number of thiazole rings is 1. The molecule has 2 saturated heterocycles. The van der Waals surface area contributed by atoms with E-state index in [4.69, 9.17) is 21.1 Å². The molecule has 1 atom stereocenters. The van der Waals surface area contributed by atoms with Crippen LogP contribution < -0.4 is 0 Å². The smallest absolute Gasteiger partial charge is 0.230 e. The van der Waals surface area contributed by atoms with Crippen molar-refractivity contribution in [1.82, 2.24) is 19.5 Å². The summed E-state index contributed by atoms with van der Waals surface area (Å²) in [5.74, 6) is 0.407. The van der Waals surface area contributed by atoms with Gasteiger partial charge in [-0.1, -0.05) is 48.1 Å². The van der Waals surface area contributed by atoms with E-state index in [9.17, 15) is 5.11 Å². The third kappa shape index (κ3) is 3.33. The maximum atomic E-state index is 11.0. The molecule has 3 aromatic rings. The summed E-state index contributed by atoms with van der Waals surface area (Å²) in [5.41, 5.74) is 0.967. The van der Waals surface area contributed by atoms with Gasteiger partial charge in [-0.3, -0.25) is 4.90 Å². The summed E-state index contributed by atoms with van der Waals surface area (Å²) < 4.78 is 13.3. The van der Waals surface area contributed by atoms with E-state index in [2.05, 4.69) is 15.0 Å². The van der Waals surface area contributed by atoms with Gasteiger partial charge >= 0.3 is 0 Å². The Labute approximate surface area is 177 Å². The molecule has 2 aliphatic rings. The van der Waals surface area contributed by atoms with Crippen molar-refractivity contribution < 1.29 is 14.6 Å². The summed E-state index contributed by atoms with van der Waals surface area (Å²) in [7, 11) is 0. The summed E-state index contributed by atoms with van der Waals surface area (Å²) in [6.45, 7) is 4.87. The first-order valence-electron chi connectivity index (χ1n) is 9.94. The number of piperidine rings is 1. The van der Waals surface area contributed by atoms with E-state index in [1.54, 1.807) is 0 Å². The van der Waals surface area contributed by atoms with E-state index in [1.807, 2.05) is 31.2 Å². The zero-order valence-corrected chi connectivity index (χ0v) is 17.7. The number of halogens is 1. The Bertz CT molecular complexity index is 1020. The Morgan fingerprint density at radius 2 is 1.97 bits per heavy atom. The van der Waals surface area contributed by atoms with Crippen LogP contribution in [0.1, 0.15) is 42.1 Å². The predicted octanol–water partition coefficient (Wildman–Crippen LogP) is 3.64. The van der Waals surface area contributed by atoms with Crippen molar-refractivity contribution in [2.24, 2.45) is 0 Å². The molecule has 0 aliphatic carbocycles. The highest BCUT2D eigenvalue weighted by Gasteiger charge is 2.42. The van der Waals surface area contributed by atoms with Crippen LogP contribution in [-0.2, 0) is 15.9 Å². The number of aryl methyl sites for hydroxylation is 1.